The fraction of sp³-hybridized carbons (Fsp3) is 0. The molecular weight excluding hydrogens is 160 g/mol. The highest BCUT2D eigenvalue weighted by Crippen LogP contribution is 1.82. The van der Waals surface area contributed by atoms with E-state index in [-0.39, 0.29) is 0 Å². The predicted octanol–water partition coefficient (Wildman–Crippen LogP) is -0.448. The number of rotatable bonds is 3. The highest BCUT2D eigenvalue weighted by atomic mass is 17.3. The molecule has 2 aromatic rings. The summed E-state index contributed by atoms with van der Waals surface area (Å²) in [5.74, 6) is 0. The summed E-state index contributed by atoms with van der Waals surface area (Å²) < 4.78 is 2.64. The zero-order valence-corrected chi connectivity index (χ0v) is 6.07. The van der Waals surface area contributed by atoms with Gasteiger partial charge in [-0.1, -0.05) is 0 Å². The molecule has 0 spiro atoms. The van der Waals surface area contributed by atoms with Gasteiger partial charge in [-0.05, 0) is 0 Å². The molecule has 0 aliphatic rings. The molecule has 0 amide bonds. The monoisotopic (exact) mass is 166 g/mol. The van der Waals surface area contributed by atoms with Crippen LogP contribution in [0.25, 0.3) is 0 Å². The van der Waals surface area contributed by atoms with Crippen LogP contribution in [0.5, 0.6) is 0 Å². The molecule has 12 heavy (non-hydrogen) atoms. The Morgan fingerprint density at radius 3 is 1.67 bits per heavy atom. The molecule has 0 saturated heterocycles. The Morgan fingerprint density at radius 1 is 0.833 bits per heavy atom. The standard InChI is InChI=1S/C6H6N4O2/c1-3-9(5-7-1)11-12-10-4-2-8-6-10/h1-6H. The zero-order chi connectivity index (χ0) is 8.23. The quantitative estimate of drug-likeness (QED) is 0.458. The van der Waals surface area contributed by atoms with Gasteiger partial charge in [-0.25, -0.2) is 9.97 Å². The average Bonchev–Trinajstić information content (AvgIpc) is 2.74. The van der Waals surface area contributed by atoms with Gasteiger partial charge in [0.05, 0.1) is 12.4 Å². The van der Waals surface area contributed by atoms with E-state index in [0.29, 0.717) is 0 Å². The molecule has 0 atom stereocenters. The molecule has 6 heteroatoms. The van der Waals surface area contributed by atoms with E-state index in [0.717, 1.165) is 0 Å². The van der Waals surface area contributed by atoms with Crippen molar-refractivity contribution in [1.82, 2.24) is 19.4 Å². The van der Waals surface area contributed by atoms with Gasteiger partial charge in [0.1, 0.15) is 12.7 Å². The smallest absolute Gasteiger partial charge is 0.136 e. The third-order valence-electron chi connectivity index (χ3n) is 1.17. The number of imidazole rings is 2. The summed E-state index contributed by atoms with van der Waals surface area (Å²) >= 11 is 0. The molecule has 0 N–H and O–H groups in total. The summed E-state index contributed by atoms with van der Waals surface area (Å²) in [4.78, 5) is 17.0. The van der Waals surface area contributed by atoms with E-state index in [1.165, 1.54) is 22.1 Å². The Kier molecular flexibility index (Phi) is 1.65. The number of hydrogen-bond acceptors (Lipinski definition) is 4. The van der Waals surface area contributed by atoms with Crippen molar-refractivity contribution in [2.75, 3.05) is 0 Å². The van der Waals surface area contributed by atoms with Crippen molar-refractivity contribution in [1.29, 1.82) is 0 Å². The van der Waals surface area contributed by atoms with Crippen LogP contribution >= 0.6 is 0 Å². The maximum absolute atomic E-state index is 4.77. The van der Waals surface area contributed by atoms with Gasteiger partial charge in [-0.2, -0.15) is 9.98 Å². The Morgan fingerprint density at radius 2 is 1.33 bits per heavy atom. The molecule has 62 valence electrons. The first kappa shape index (κ1) is 6.71. The Labute approximate surface area is 67.8 Å². The van der Waals surface area contributed by atoms with Crippen LogP contribution in [0.1, 0.15) is 0 Å². The molecule has 0 aliphatic heterocycles. The molecule has 0 radical (unpaired) electrons. The van der Waals surface area contributed by atoms with E-state index < -0.39 is 0 Å². The Bertz CT molecular complexity index is 281. The van der Waals surface area contributed by atoms with Gasteiger partial charge < -0.3 is 0 Å². The van der Waals surface area contributed by atoms with Gasteiger partial charge in [0.15, 0.2) is 0 Å². The minimum atomic E-state index is 1.32. The molecule has 2 aromatic heterocycles. The molecule has 0 unspecified atom stereocenters. The van der Waals surface area contributed by atoms with Crippen molar-refractivity contribution in [3.05, 3.63) is 37.4 Å². The highest BCUT2D eigenvalue weighted by Gasteiger charge is 1.91. The predicted molar refractivity (Wildman–Crippen MR) is 37.6 cm³/mol. The van der Waals surface area contributed by atoms with Crippen LogP contribution in [-0.2, 0) is 0 Å². The zero-order valence-electron chi connectivity index (χ0n) is 6.07. The van der Waals surface area contributed by atoms with Crippen molar-refractivity contribution in [3.63, 3.8) is 0 Å². The third-order valence-corrected chi connectivity index (χ3v) is 1.17. The lowest BCUT2D eigenvalue weighted by atomic mass is 11.0. The highest BCUT2D eigenvalue weighted by molar-refractivity contribution is 4.70. The molecule has 0 fully saturated rings. The maximum atomic E-state index is 4.77. The first-order valence-electron chi connectivity index (χ1n) is 3.26. The van der Waals surface area contributed by atoms with Crippen LogP contribution in [0.3, 0.4) is 0 Å². The molecule has 2 rings (SSSR count). The lowest BCUT2D eigenvalue weighted by Crippen LogP contribution is -2.21. The van der Waals surface area contributed by atoms with E-state index in [1.807, 2.05) is 0 Å². The number of nitrogens with zero attached hydrogens (tertiary/aromatic N) is 4. The minimum absolute atomic E-state index is 1.32. The van der Waals surface area contributed by atoms with Crippen LogP contribution in [0.4, 0.5) is 0 Å². The van der Waals surface area contributed by atoms with Crippen molar-refractivity contribution in [2.24, 2.45) is 0 Å². The van der Waals surface area contributed by atoms with Crippen LogP contribution in [0.15, 0.2) is 37.4 Å². The second-order valence-corrected chi connectivity index (χ2v) is 1.99. The van der Waals surface area contributed by atoms with Crippen LogP contribution in [0, 0.1) is 0 Å². The van der Waals surface area contributed by atoms with E-state index in [4.69, 9.17) is 9.98 Å². The summed E-state index contributed by atoms with van der Waals surface area (Å²) in [5.41, 5.74) is 0. The van der Waals surface area contributed by atoms with E-state index >= 15 is 0 Å². The van der Waals surface area contributed by atoms with Gasteiger partial charge >= 0.3 is 0 Å². The van der Waals surface area contributed by atoms with Gasteiger partial charge in [0, 0.05) is 12.4 Å². The first-order chi connectivity index (χ1) is 5.95. The summed E-state index contributed by atoms with van der Waals surface area (Å²) in [6.45, 7) is 0. The van der Waals surface area contributed by atoms with Gasteiger partial charge in [0.25, 0.3) is 0 Å². The minimum Gasteiger partial charge on any atom is -0.242 e. The maximum Gasteiger partial charge on any atom is 0.136 e. The Balaban J connectivity index is 1.91. The van der Waals surface area contributed by atoms with Gasteiger partial charge in [-0.3, -0.25) is 0 Å². The second kappa shape index (κ2) is 2.95. The lowest BCUT2D eigenvalue weighted by Gasteiger charge is -2.01. The topological polar surface area (TPSA) is 54.1 Å². The average molecular weight is 166 g/mol. The van der Waals surface area contributed by atoms with Crippen LogP contribution in [0.2, 0.25) is 0 Å². The SMILES string of the molecule is c1cn(OOn2ccnc2)cn1. The molecule has 6 nitrogen and oxygen atoms in total. The molecule has 0 saturated carbocycles. The Hall–Kier alpha value is -1.98. The molecular formula is C6H6N4O2. The van der Waals surface area contributed by atoms with Crippen molar-refractivity contribution < 1.29 is 9.98 Å². The third kappa shape index (κ3) is 1.36. The summed E-state index contributed by atoms with van der Waals surface area (Å²) in [6.07, 6.45) is 9.32. The van der Waals surface area contributed by atoms with Crippen molar-refractivity contribution in [2.45, 2.75) is 0 Å². The van der Waals surface area contributed by atoms with Crippen molar-refractivity contribution >= 4 is 0 Å². The summed E-state index contributed by atoms with van der Waals surface area (Å²) in [6, 6.07) is 0. The van der Waals surface area contributed by atoms with E-state index in [2.05, 4.69) is 9.97 Å². The first-order valence-corrected chi connectivity index (χ1v) is 3.26. The molecule has 0 aliphatic carbocycles. The fourth-order valence-electron chi connectivity index (χ4n) is 0.659. The summed E-state index contributed by atoms with van der Waals surface area (Å²) in [7, 11) is 0. The number of aromatic nitrogens is 4. The molecule has 0 bridgehead atoms. The second-order valence-electron chi connectivity index (χ2n) is 1.99. The summed E-state index contributed by atoms with van der Waals surface area (Å²) in [5, 5.41) is 0. The largest absolute Gasteiger partial charge is 0.242 e. The van der Waals surface area contributed by atoms with E-state index in [1.54, 1.807) is 24.8 Å². The van der Waals surface area contributed by atoms with Crippen LogP contribution < -0.4 is 9.98 Å². The molecule has 2 heterocycles. The van der Waals surface area contributed by atoms with Gasteiger partial charge in [0.2, 0.25) is 0 Å². The number of hydrogen-bond donors (Lipinski definition) is 0. The normalized spacial score (nSPS) is 9.67. The fourth-order valence-corrected chi connectivity index (χ4v) is 0.659. The van der Waals surface area contributed by atoms with Crippen LogP contribution in [-0.4, -0.2) is 19.4 Å². The molecule has 0 aromatic carbocycles. The van der Waals surface area contributed by atoms with E-state index in [9.17, 15) is 0 Å². The van der Waals surface area contributed by atoms with Gasteiger partial charge in [-0.15, -0.1) is 9.46 Å². The van der Waals surface area contributed by atoms with Crippen molar-refractivity contribution in [3.8, 4) is 0 Å². The lowest BCUT2D eigenvalue weighted by molar-refractivity contribution is -0.291.